The molecule has 0 atom stereocenters. The maximum atomic E-state index is 4.00. The zero-order chi connectivity index (χ0) is 9.80. The van der Waals surface area contributed by atoms with E-state index in [-0.39, 0.29) is 0 Å². The average molecular weight is 186 g/mol. The van der Waals surface area contributed by atoms with E-state index in [1.807, 2.05) is 37.3 Å². The van der Waals surface area contributed by atoms with Crippen LogP contribution in [0.15, 0.2) is 30.3 Å². The fraction of sp³-hybridized carbons (Fsp3) is 0.200. The van der Waals surface area contributed by atoms with E-state index >= 15 is 0 Å². The molecule has 0 N–H and O–H groups in total. The van der Waals surface area contributed by atoms with Crippen molar-refractivity contribution in [1.29, 1.82) is 0 Å². The molecule has 0 aliphatic heterocycles. The van der Waals surface area contributed by atoms with Crippen molar-refractivity contribution in [2.45, 2.75) is 13.3 Å². The lowest BCUT2D eigenvalue weighted by Crippen LogP contribution is -2.01. The van der Waals surface area contributed by atoms with Crippen LogP contribution in [0.4, 0.5) is 0 Å². The van der Waals surface area contributed by atoms with Crippen LogP contribution < -0.4 is 0 Å². The second-order valence-electron chi connectivity index (χ2n) is 2.86. The van der Waals surface area contributed by atoms with Crippen molar-refractivity contribution in [3.8, 4) is 11.4 Å². The van der Waals surface area contributed by atoms with Crippen molar-refractivity contribution >= 4 is 0 Å². The first-order valence-electron chi connectivity index (χ1n) is 4.52. The molecular weight excluding hydrogens is 176 g/mol. The Hall–Kier alpha value is -1.84. The summed E-state index contributed by atoms with van der Waals surface area (Å²) in [6, 6.07) is 9.69. The van der Waals surface area contributed by atoms with Gasteiger partial charge in [0.2, 0.25) is 5.82 Å². The van der Waals surface area contributed by atoms with Gasteiger partial charge >= 0.3 is 0 Å². The molecule has 0 aliphatic carbocycles. The Labute approximate surface area is 82.0 Å². The summed E-state index contributed by atoms with van der Waals surface area (Å²) < 4.78 is 0. The number of aromatic nitrogens is 4. The van der Waals surface area contributed by atoms with Crippen LogP contribution in [0.25, 0.3) is 11.4 Å². The first-order chi connectivity index (χ1) is 6.90. The van der Waals surface area contributed by atoms with Gasteiger partial charge in [-0.05, 0) is 0 Å². The van der Waals surface area contributed by atoms with E-state index in [0.29, 0.717) is 11.6 Å². The van der Waals surface area contributed by atoms with E-state index in [9.17, 15) is 0 Å². The van der Waals surface area contributed by atoms with E-state index in [1.54, 1.807) is 0 Å². The summed E-state index contributed by atoms with van der Waals surface area (Å²) >= 11 is 0. The molecule has 14 heavy (non-hydrogen) atoms. The van der Waals surface area contributed by atoms with Crippen molar-refractivity contribution in [2.24, 2.45) is 0 Å². The van der Waals surface area contributed by atoms with Crippen LogP contribution in [0.5, 0.6) is 0 Å². The molecule has 2 aromatic rings. The normalized spacial score (nSPS) is 10.1. The van der Waals surface area contributed by atoms with Crippen LogP contribution in [0.1, 0.15) is 12.7 Å². The Morgan fingerprint density at radius 2 is 1.57 bits per heavy atom. The van der Waals surface area contributed by atoms with E-state index in [1.165, 1.54) is 0 Å². The minimum absolute atomic E-state index is 0.572. The highest BCUT2D eigenvalue weighted by Crippen LogP contribution is 2.10. The van der Waals surface area contributed by atoms with Gasteiger partial charge in [0, 0.05) is 12.0 Å². The molecule has 4 nitrogen and oxygen atoms in total. The molecule has 4 heteroatoms. The molecule has 0 bridgehead atoms. The second-order valence-corrected chi connectivity index (χ2v) is 2.86. The van der Waals surface area contributed by atoms with E-state index in [4.69, 9.17) is 0 Å². The summed E-state index contributed by atoms with van der Waals surface area (Å²) in [7, 11) is 0. The van der Waals surface area contributed by atoms with Crippen molar-refractivity contribution in [3.05, 3.63) is 36.2 Å². The Balaban J connectivity index is 2.34. The van der Waals surface area contributed by atoms with Crippen LogP contribution in [0.3, 0.4) is 0 Å². The molecule has 2 rings (SSSR count). The molecule has 70 valence electrons. The molecule has 0 amide bonds. The molecule has 1 heterocycles. The topological polar surface area (TPSA) is 51.6 Å². The van der Waals surface area contributed by atoms with Gasteiger partial charge in [-0.2, -0.15) is 0 Å². The minimum atomic E-state index is 0.572. The van der Waals surface area contributed by atoms with E-state index in [0.717, 1.165) is 12.0 Å². The number of hydrogen-bond acceptors (Lipinski definition) is 4. The predicted molar refractivity (Wildman–Crippen MR) is 52.4 cm³/mol. The third kappa shape index (κ3) is 1.74. The lowest BCUT2D eigenvalue weighted by molar-refractivity contribution is 0.775. The van der Waals surface area contributed by atoms with Gasteiger partial charge in [-0.3, -0.25) is 0 Å². The Morgan fingerprint density at radius 1 is 0.929 bits per heavy atom. The van der Waals surface area contributed by atoms with Crippen LogP contribution >= 0.6 is 0 Å². The molecule has 0 unspecified atom stereocenters. The minimum Gasteiger partial charge on any atom is -0.131 e. The van der Waals surface area contributed by atoms with Crippen LogP contribution in [-0.4, -0.2) is 20.4 Å². The average Bonchev–Trinajstić information content (AvgIpc) is 2.30. The van der Waals surface area contributed by atoms with E-state index in [2.05, 4.69) is 20.4 Å². The summed E-state index contributed by atoms with van der Waals surface area (Å²) in [6.45, 7) is 1.97. The molecule has 0 saturated carbocycles. The third-order valence-electron chi connectivity index (χ3n) is 1.87. The lowest BCUT2D eigenvalue weighted by atomic mass is 10.2. The number of benzene rings is 1. The molecule has 1 aromatic carbocycles. The third-order valence-corrected chi connectivity index (χ3v) is 1.87. The van der Waals surface area contributed by atoms with Gasteiger partial charge in [0.25, 0.3) is 0 Å². The number of hydrogen-bond donors (Lipinski definition) is 0. The summed E-state index contributed by atoms with van der Waals surface area (Å²) in [5, 5.41) is 15.9. The SMILES string of the molecule is CCc1nnc(-c2ccccc2)nn1. The highest BCUT2D eigenvalue weighted by molar-refractivity contribution is 5.52. The molecule has 1 aromatic heterocycles. The van der Waals surface area contributed by atoms with E-state index < -0.39 is 0 Å². The van der Waals surface area contributed by atoms with Crippen molar-refractivity contribution in [3.63, 3.8) is 0 Å². The molecule has 0 aliphatic rings. The van der Waals surface area contributed by atoms with Crippen LogP contribution in [0, 0.1) is 0 Å². The van der Waals surface area contributed by atoms with Crippen molar-refractivity contribution < 1.29 is 0 Å². The standard InChI is InChI=1S/C10H10N4/c1-2-9-11-13-10(14-12-9)8-6-4-3-5-7-8/h3-7H,2H2,1H3. The highest BCUT2D eigenvalue weighted by atomic mass is 15.3. The maximum absolute atomic E-state index is 4.00. The van der Waals surface area contributed by atoms with Gasteiger partial charge in [0.15, 0.2) is 5.82 Å². The first kappa shape index (κ1) is 8.74. The summed E-state index contributed by atoms with van der Waals surface area (Å²) in [4.78, 5) is 0. The smallest absolute Gasteiger partial charge is 0.131 e. The molecule has 0 fully saturated rings. The molecule has 0 saturated heterocycles. The highest BCUT2D eigenvalue weighted by Gasteiger charge is 2.01. The summed E-state index contributed by atoms with van der Waals surface area (Å²) in [5.74, 6) is 1.24. The zero-order valence-corrected chi connectivity index (χ0v) is 7.88. The molecular formula is C10H10N4. The van der Waals surface area contributed by atoms with Gasteiger partial charge in [0.05, 0.1) is 0 Å². The predicted octanol–water partition coefficient (Wildman–Crippen LogP) is 1.50. The van der Waals surface area contributed by atoms with Crippen molar-refractivity contribution in [1.82, 2.24) is 20.4 Å². The van der Waals surface area contributed by atoms with Gasteiger partial charge < -0.3 is 0 Å². The zero-order valence-electron chi connectivity index (χ0n) is 7.88. The lowest BCUT2D eigenvalue weighted by Gasteiger charge is -1.97. The van der Waals surface area contributed by atoms with Crippen LogP contribution in [0.2, 0.25) is 0 Å². The Kier molecular flexibility index (Phi) is 2.44. The Morgan fingerprint density at radius 3 is 2.14 bits per heavy atom. The van der Waals surface area contributed by atoms with Crippen molar-refractivity contribution in [2.75, 3.05) is 0 Å². The first-order valence-corrected chi connectivity index (χ1v) is 4.52. The van der Waals surface area contributed by atoms with Gasteiger partial charge in [0.1, 0.15) is 0 Å². The maximum Gasteiger partial charge on any atom is 0.203 e. The largest absolute Gasteiger partial charge is 0.203 e. The van der Waals surface area contributed by atoms with Crippen LogP contribution in [-0.2, 0) is 6.42 Å². The monoisotopic (exact) mass is 186 g/mol. The number of aryl methyl sites for hydroxylation is 1. The fourth-order valence-corrected chi connectivity index (χ4v) is 1.09. The fourth-order valence-electron chi connectivity index (χ4n) is 1.09. The quantitative estimate of drug-likeness (QED) is 0.713. The van der Waals surface area contributed by atoms with Gasteiger partial charge in [-0.1, -0.05) is 37.3 Å². The summed E-state index contributed by atoms with van der Waals surface area (Å²) in [6.07, 6.45) is 0.759. The molecule has 0 spiro atoms. The number of rotatable bonds is 2. The second kappa shape index (κ2) is 3.91. The Bertz CT molecular complexity index is 396. The number of nitrogens with zero attached hydrogens (tertiary/aromatic N) is 4. The summed E-state index contributed by atoms with van der Waals surface area (Å²) in [5.41, 5.74) is 0.940. The molecule has 0 radical (unpaired) electrons. The van der Waals surface area contributed by atoms with Gasteiger partial charge in [-0.15, -0.1) is 20.4 Å². The van der Waals surface area contributed by atoms with Gasteiger partial charge in [-0.25, -0.2) is 0 Å².